The molecule has 0 atom stereocenters. The molecule has 0 radical (unpaired) electrons. The van der Waals surface area contributed by atoms with Gasteiger partial charge in [0.05, 0.1) is 6.61 Å². The van der Waals surface area contributed by atoms with Crippen molar-refractivity contribution in [2.45, 2.75) is 6.92 Å². The van der Waals surface area contributed by atoms with Crippen LogP contribution < -0.4 is 14.8 Å². The molecule has 0 bridgehead atoms. The molecule has 1 amide bonds. The molecule has 0 unspecified atom stereocenters. The van der Waals surface area contributed by atoms with E-state index in [4.69, 9.17) is 9.47 Å². The van der Waals surface area contributed by atoms with E-state index >= 15 is 0 Å². The van der Waals surface area contributed by atoms with Gasteiger partial charge in [0.1, 0.15) is 17.2 Å². The van der Waals surface area contributed by atoms with E-state index in [0.29, 0.717) is 23.7 Å². The lowest BCUT2D eigenvalue weighted by molar-refractivity contribution is -0.118. The van der Waals surface area contributed by atoms with Crippen molar-refractivity contribution in [3.63, 3.8) is 0 Å². The predicted molar refractivity (Wildman–Crippen MR) is 108 cm³/mol. The highest BCUT2D eigenvalue weighted by Crippen LogP contribution is 2.17. The third-order valence-corrected chi connectivity index (χ3v) is 3.65. The minimum Gasteiger partial charge on any atom is -0.494 e. The molecular weight excluding hydrogens is 352 g/mol. The fourth-order valence-corrected chi connectivity index (χ4v) is 2.39. The highest BCUT2D eigenvalue weighted by Gasteiger charge is 2.04. The lowest BCUT2D eigenvalue weighted by atomic mass is 10.2. The fraction of sp³-hybridized carbons (Fsp3) is 0.130. The van der Waals surface area contributed by atoms with E-state index in [2.05, 4.69) is 22.1 Å². The van der Waals surface area contributed by atoms with E-state index in [1.807, 2.05) is 43.3 Å². The van der Waals surface area contributed by atoms with Crippen LogP contribution in [0.5, 0.6) is 11.5 Å². The quantitative estimate of drug-likeness (QED) is 0.667. The number of nitrogens with one attached hydrogen (secondary N) is 1. The molecule has 0 spiro atoms. The van der Waals surface area contributed by atoms with E-state index < -0.39 is 0 Å². The molecule has 0 saturated heterocycles. The van der Waals surface area contributed by atoms with Crippen LogP contribution in [0.15, 0.2) is 72.9 Å². The van der Waals surface area contributed by atoms with Crippen molar-refractivity contribution in [2.24, 2.45) is 0 Å². The summed E-state index contributed by atoms with van der Waals surface area (Å²) in [5.41, 5.74) is 2.14. The molecule has 2 aromatic carbocycles. The third-order valence-electron chi connectivity index (χ3n) is 3.65. The Morgan fingerprint density at radius 2 is 1.75 bits per heavy atom. The molecule has 5 nitrogen and oxygen atoms in total. The molecule has 0 aliphatic heterocycles. The maximum atomic E-state index is 12.1. The van der Waals surface area contributed by atoms with Crippen LogP contribution in [0.3, 0.4) is 0 Å². The smallest absolute Gasteiger partial charge is 0.262 e. The van der Waals surface area contributed by atoms with Crippen LogP contribution in [-0.4, -0.2) is 24.1 Å². The van der Waals surface area contributed by atoms with E-state index in [0.717, 1.165) is 11.3 Å². The van der Waals surface area contributed by atoms with Crippen LogP contribution in [0, 0.1) is 11.8 Å². The second kappa shape index (κ2) is 9.79. The second-order valence-corrected chi connectivity index (χ2v) is 5.79. The number of benzene rings is 2. The molecule has 1 N–H and O–H groups in total. The average Bonchev–Trinajstić information content (AvgIpc) is 2.73. The Labute approximate surface area is 164 Å². The van der Waals surface area contributed by atoms with E-state index in [9.17, 15) is 4.79 Å². The van der Waals surface area contributed by atoms with Crippen LogP contribution in [0.25, 0.3) is 0 Å². The van der Waals surface area contributed by atoms with Crippen LogP contribution >= 0.6 is 0 Å². The normalized spacial score (nSPS) is 9.75. The highest BCUT2D eigenvalue weighted by atomic mass is 16.5. The Morgan fingerprint density at radius 3 is 2.46 bits per heavy atom. The zero-order valence-electron chi connectivity index (χ0n) is 15.5. The Balaban J connectivity index is 1.55. The number of carbonyl (C=O) groups excluding carboxylic acids is 1. The minimum atomic E-state index is -0.247. The number of aromatic nitrogens is 1. The number of hydrogen-bond acceptors (Lipinski definition) is 4. The second-order valence-electron chi connectivity index (χ2n) is 5.79. The van der Waals surface area contributed by atoms with Crippen molar-refractivity contribution < 1.29 is 14.3 Å². The SMILES string of the molecule is CCOc1ccc(OCC(=O)Nc2cccc(C#Cc3ccccn3)c2)cc1. The first-order chi connectivity index (χ1) is 13.7. The van der Waals surface area contributed by atoms with E-state index in [-0.39, 0.29) is 12.5 Å². The van der Waals surface area contributed by atoms with Gasteiger partial charge in [0.25, 0.3) is 5.91 Å². The van der Waals surface area contributed by atoms with Crippen LogP contribution in [0.1, 0.15) is 18.2 Å². The van der Waals surface area contributed by atoms with Gasteiger partial charge in [-0.2, -0.15) is 0 Å². The Hall–Kier alpha value is -3.78. The number of carbonyl (C=O) groups is 1. The van der Waals surface area contributed by atoms with E-state index in [1.54, 1.807) is 36.5 Å². The molecule has 3 rings (SSSR count). The summed E-state index contributed by atoms with van der Waals surface area (Å²) in [6.45, 7) is 2.44. The maximum Gasteiger partial charge on any atom is 0.262 e. The molecular formula is C23H20N2O3. The lowest BCUT2D eigenvalue weighted by Crippen LogP contribution is -2.20. The Morgan fingerprint density at radius 1 is 0.964 bits per heavy atom. The molecule has 0 aliphatic carbocycles. The van der Waals surface area contributed by atoms with E-state index in [1.165, 1.54) is 0 Å². The predicted octanol–water partition coefficient (Wildman–Crippen LogP) is 3.90. The monoisotopic (exact) mass is 372 g/mol. The molecule has 1 heterocycles. The molecule has 1 aromatic heterocycles. The summed E-state index contributed by atoms with van der Waals surface area (Å²) in [5.74, 6) is 7.16. The average molecular weight is 372 g/mol. The van der Waals surface area contributed by atoms with Gasteiger partial charge in [0, 0.05) is 17.4 Å². The summed E-state index contributed by atoms with van der Waals surface area (Å²) >= 11 is 0. The van der Waals surface area contributed by atoms with Crippen molar-refractivity contribution in [3.8, 4) is 23.3 Å². The van der Waals surface area contributed by atoms with Gasteiger partial charge in [-0.3, -0.25) is 4.79 Å². The molecule has 28 heavy (non-hydrogen) atoms. The first-order valence-electron chi connectivity index (χ1n) is 8.91. The van der Waals surface area contributed by atoms with Crippen LogP contribution in [0.4, 0.5) is 5.69 Å². The number of nitrogens with zero attached hydrogens (tertiary/aromatic N) is 1. The fourth-order valence-electron chi connectivity index (χ4n) is 2.39. The van der Waals surface area contributed by atoms with Gasteiger partial charge in [-0.05, 0) is 67.4 Å². The van der Waals surface area contributed by atoms with Crippen LogP contribution in [0.2, 0.25) is 0 Å². The van der Waals surface area contributed by atoms with Gasteiger partial charge in [-0.25, -0.2) is 4.98 Å². The topological polar surface area (TPSA) is 60.5 Å². The van der Waals surface area contributed by atoms with Gasteiger partial charge in [-0.1, -0.05) is 18.1 Å². The summed E-state index contributed by atoms with van der Waals surface area (Å²) in [5, 5.41) is 2.81. The molecule has 0 aliphatic rings. The number of amides is 1. The van der Waals surface area contributed by atoms with Crippen molar-refractivity contribution in [2.75, 3.05) is 18.5 Å². The van der Waals surface area contributed by atoms with Gasteiger partial charge < -0.3 is 14.8 Å². The summed E-state index contributed by atoms with van der Waals surface area (Å²) in [7, 11) is 0. The first-order valence-corrected chi connectivity index (χ1v) is 8.91. The third kappa shape index (κ3) is 5.89. The Bertz CT molecular complexity index is 974. The summed E-state index contributed by atoms with van der Waals surface area (Å²) in [4.78, 5) is 16.3. The summed E-state index contributed by atoms with van der Waals surface area (Å²) in [6, 6.07) is 20.1. The minimum absolute atomic E-state index is 0.0855. The molecule has 0 fully saturated rings. The van der Waals surface area contributed by atoms with Crippen LogP contribution in [-0.2, 0) is 4.79 Å². The van der Waals surface area contributed by atoms with Gasteiger partial charge in [0.15, 0.2) is 6.61 Å². The number of ether oxygens (including phenoxy) is 2. The zero-order valence-corrected chi connectivity index (χ0v) is 15.5. The lowest BCUT2D eigenvalue weighted by Gasteiger charge is -2.09. The number of anilines is 1. The van der Waals surface area contributed by atoms with Crippen molar-refractivity contribution in [3.05, 3.63) is 84.2 Å². The van der Waals surface area contributed by atoms with Gasteiger partial charge in [-0.15, -0.1) is 0 Å². The van der Waals surface area contributed by atoms with Crippen molar-refractivity contribution >= 4 is 11.6 Å². The van der Waals surface area contributed by atoms with Crippen molar-refractivity contribution in [1.29, 1.82) is 0 Å². The largest absolute Gasteiger partial charge is 0.494 e. The highest BCUT2D eigenvalue weighted by molar-refractivity contribution is 5.92. The molecule has 5 heteroatoms. The number of pyridine rings is 1. The molecule has 0 saturated carbocycles. The first kappa shape index (κ1) is 19.0. The molecule has 140 valence electrons. The van der Waals surface area contributed by atoms with Crippen molar-refractivity contribution in [1.82, 2.24) is 4.98 Å². The maximum absolute atomic E-state index is 12.1. The molecule has 3 aromatic rings. The summed E-state index contributed by atoms with van der Waals surface area (Å²) in [6.07, 6.45) is 1.70. The zero-order chi connectivity index (χ0) is 19.6. The summed E-state index contributed by atoms with van der Waals surface area (Å²) < 4.78 is 10.9. The Kier molecular flexibility index (Phi) is 6.64. The number of rotatable bonds is 6. The van der Waals surface area contributed by atoms with Gasteiger partial charge >= 0.3 is 0 Å². The number of hydrogen-bond donors (Lipinski definition) is 1. The van der Waals surface area contributed by atoms with Gasteiger partial charge in [0.2, 0.25) is 0 Å². The standard InChI is InChI=1S/C23H20N2O3/c1-2-27-21-11-13-22(14-12-21)28-17-23(26)25-20-8-5-6-18(16-20)9-10-19-7-3-4-15-24-19/h3-8,11-16H,2,17H2,1H3,(H,25,26).